The number of carbonyl (C=O) groups is 1. The van der Waals surface area contributed by atoms with Gasteiger partial charge in [-0.25, -0.2) is 0 Å². The first-order chi connectivity index (χ1) is 8.08. The molecular formula is C14H26N2O. The molecule has 2 atom stereocenters. The number of nitrogens with zero attached hydrogens (tertiary/aromatic N) is 1. The topological polar surface area (TPSA) is 32.3 Å². The average Bonchev–Trinajstić information content (AvgIpc) is 3.01. The Morgan fingerprint density at radius 2 is 2.12 bits per heavy atom. The number of hydrogen-bond donors (Lipinski definition) is 1. The van der Waals surface area contributed by atoms with Crippen LogP contribution in [-0.2, 0) is 4.79 Å². The molecule has 1 saturated carbocycles. The summed E-state index contributed by atoms with van der Waals surface area (Å²) >= 11 is 0. The second kappa shape index (κ2) is 5.38. The van der Waals surface area contributed by atoms with E-state index in [0.717, 1.165) is 18.9 Å². The minimum absolute atomic E-state index is 0.0136. The van der Waals surface area contributed by atoms with Crippen LogP contribution < -0.4 is 5.32 Å². The molecule has 2 unspecified atom stereocenters. The van der Waals surface area contributed by atoms with Crippen LogP contribution in [0.5, 0.6) is 0 Å². The summed E-state index contributed by atoms with van der Waals surface area (Å²) in [6.07, 6.45) is 6.67. The van der Waals surface area contributed by atoms with Gasteiger partial charge in [0.15, 0.2) is 0 Å². The highest BCUT2D eigenvalue weighted by molar-refractivity contribution is 5.83. The lowest BCUT2D eigenvalue weighted by atomic mass is 10.1. The molecular weight excluding hydrogens is 212 g/mol. The molecule has 0 radical (unpaired) electrons. The van der Waals surface area contributed by atoms with Crippen molar-refractivity contribution in [3.8, 4) is 0 Å². The average molecular weight is 238 g/mol. The van der Waals surface area contributed by atoms with Crippen LogP contribution in [-0.4, -0.2) is 29.6 Å². The van der Waals surface area contributed by atoms with Gasteiger partial charge in [-0.05, 0) is 38.0 Å². The summed E-state index contributed by atoms with van der Waals surface area (Å²) < 4.78 is 0. The van der Waals surface area contributed by atoms with Gasteiger partial charge >= 0.3 is 0 Å². The minimum atomic E-state index is 0.0136. The molecule has 1 aliphatic carbocycles. The Hall–Kier alpha value is -0.570. The van der Waals surface area contributed by atoms with Crippen LogP contribution in [0, 0.1) is 11.8 Å². The fraction of sp³-hybridized carbons (Fsp3) is 0.929. The van der Waals surface area contributed by atoms with Crippen LogP contribution in [0.2, 0.25) is 0 Å². The van der Waals surface area contributed by atoms with Gasteiger partial charge in [0.25, 0.3) is 0 Å². The fourth-order valence-electron chi connectivity index (χ4n) is 2.72. The van der Waals surface area contributed by atoms with Gasteiger partial charge in [-0.1, -0.05) is 26.7 Å². The van der Waals surface area contributed by atoms with Crippen molar-refractivity contribution in [2.24, 2.45) is 11.8 Å². The van der Waals surface area contributed by atoms with Gasteiger partial charge in [-0.3, -0.25) is 10.1 Å². The molecule has 1 N–H and O–H groups in total. The molecule has 2 aliphatic rings. The van der Waals surface area contributed by atoms with Crippen LogP contribution in [0.15, 0.2) is 0 Å². The molecule has 0 spiro atoms. The Morgan fingerprint density at radius 3 is 2.71 bits per heavy atom. The third-order valence-electron chi connectivity index (χ3n) is 3.88. The SMILES string of the molecule is CC(C)CC1NC(C)C(=O)N1CCCC1CC1. The summed E-state index contributed by atoms with van der Waals surface area (Å²) in [4.78, 5) is 14.1. The zero-order valence-corrected chi connectivity index (χ0v) is 11.4. The molecule has 0 aromatic rings. The molecule has 3 heteroatoms. The standard InChI is InChI=1S/C14H26N2O/c1-10(2)9-13-15-11(3)14(17)16(13)8-4-5-12-6-7-12/h10-13,15H,4-9H2,1-3H3. The molecule has 0 bridgehead atoms. The molecule has 1 heterocycles. The lowest BCUT2D eigenvalue weighted by Crippen LogP contribution is -2.39. The molecule has 1 saturated heterocycles. The molecule has 17 heavy (non-hydrogen) atoms. The van der Waals surface area contributed by atoms with Crippen LogP contribution >= 0.6 is 0 Å². The Kier molecular flexibility index (Phi) is 4.08. The second-order valence-electron chi connectivity index (χ2n) is 6.15. The first-order valence-electron chi connectivity index (χ1n) is 7.14. The maximum absolute atomic E-state index is 12.1. The largest absolute Gasteiger partial charge is 0.326 e. The summed E-state index contributed by atoms with van der Waals surface area (Å²) in [6.45, 7) is 7.37. The van der Waals surface area contributed by atoms with Crippen LogP contribution in [0.25, 0.3) is 0 Å². The summed E-state index contributed by atoms with van der Waals surface area (Å²) in [5.41, 5.74) is 0. The summed E-state index contributed by atoms with van der Waals surface area (Å²) in [5, 5.41) is 3.42. The van der Waals surface area contributed by atoms with E-state index in [2.05, 4.69) is 24.1 Å². The van der Waals surface area contributed by atoms with Crippen molar-refractivity contribution in [1.82, 2.24) is 10.2 Å². The molecule has 2 rings (SSSR count). The van der Waals surface area contributed by atoms with E-state index in [1.807, 2.05) is 6.92 Å². The van der Waals surface area contributed by atoms with Crippen LogP contribution in [0.3, 0.4) is 0 Å². The van der Waals surface area contributed by atoms with Gasteiger partial charge in [-0.2, -0.15) is 0 Å². The highest BCUT2D eigenvalue weighted by Crippen LogP contribution is 2.33. The summed E-state index contributed by atoms with van der Waals surface area (Å²) in [7, 11) is 0. The predicted molar refractivity (Wildman–Crippen MR) is 69.5 cm³/mol. The number of hydrogen-bond acceptors (Lipinski definition) is 2. The van der Waals surface area contributed by atoms with Gasteiger partial charge in [-0.15, -0.1) is 0 Å². The number of carbonyl (C=O) groups excluding carboxylic acids is 1. The predicted octanol–water partition coefficient (Wildman–Crippen LogP) is 2.37. The van der Waals surface area contributed by atoms with E-state index in [9.17, 15) is 4.79 Å². The van der Waals surface area contributed by atoms with Crippen molar-refractivity contribution in [2.45, 2.75) is 65.1 Å². The smallest absolute Gasteiger partial charge is 0.240 e. The molecule has 1 amide bonds. The molecule has 1 aliphatic heterocycles. The van der Waals surface area contributed by atoms with Crippen molar-refractivity contribution in [3.05, 3.63) is 0 Å². The minimum Gasteiger partial charge on any atom is -0.326 e. The molecule has 0 aromatic heterocycles. The Balaban J connectivity index is 1.82. The molecule has 2 fully saturated rings. The van der Waals surface area contributed by atoms with E-state index >= 15 is 0 Å². The van der Waals surface area contributed by atoms with E-state index in [1.54, 1.807) is 0 Å². The lowest BCUT2D eigenvalue weighted by Gasteiger charge is -2.25. The monoisotopic (exact) mass is 238 g/mol. The van der Waals surface area contributed by atoms with E-state index in [1.165, 1.54) is 25.7 Å². The number of rotatable bonds is 6. The zero-order valence-electron chi connectivity index (χ0n) is 11.4. The third kappa shape index (κ3) is 3.44. The zero-order chi connectivity index (χ0) is 12.4. The Bertz CT molecular complexity index is 273. The maximum Gasteiger partial charge on any atom is 0.240 e. The molecule has 98 valence electrons. The number of amides is 1. The number of nitrogens with one attached hydrogen (secondary N) is 1. The first kappa shape index (κ1) is 12.9. The summed E-state index contributed by atoms with van der Waals surface area (Å²) in [6, 6.07) is 0.0136. The van der Waals surface area contributed by atoms with Crippen molar-refractivity contribution in [3.63, 3.8) is 0 Å². The first-order valence-corrected chi connectivity index (χ1v) is 7.14. The molecule has 3 nitrogen and oxygen atoms in total. The van der Waals surface area contributed by atoms with Gasteiger partial charge in [0.2, 0.25) is 5.91 Å². The van der Waals surface area contributed by atoms with Crippen molar-refractivity contribution in [1.29, 1.82) is 0 Å². The Morgan fingerprint density at radius 1 is 1.41 bits per heavy atom. The van der Waals surface area contributed by atoms with Crippen molar-refractivity contribution >= 4 is 5.91 Å². The normalized spacial score (nSPS) is 29.4. The van der Waals surface area contributed by atoms with Gasteiger partial charge in [0.1, 0.15) is 0 Å². The molecule has 0 aromatic carbocycles. The highest BCUT2D eigenvalue weighted by atomic mass is 16.2. The van der Waals surface area contributed by atoms with Gasteiger partial charge < -0.3 is 4.90 Å². The summed E-state index contributed by atoms with van der Waals surface area (Å²) in [5.74, 6) is 1.91. The van der Waals surface area contributed by atoms with Crippen molar-refractivity contribution in [2.75, 3.05) is 6.54 Å². The third-order valence-corrected chi connectivity index (χ3v) is 3.88. The maximum atomic E-state index is 12.1. The van der Waals surface area contributed by atoms with Crippen molar-refractivity contribution < 1.29 is 4.79 Å². The lowest BCUT2D eigenvalue weighted by molar-refractivity contribution is -0.130. The van der Waals surface area contributed by atoms with E-state index in [-0.39, 0.29) is 12.2 Å². The van der Waals surface area contributed by atoms with Gasteiger partial charge in [0.05, 0.1) is 12.2 Å². The van der Waals surface area contributed by atoms with Crippen LogP contribution in [0.4, 0.5) is 0 Å². The Labute approximate surface area is 105 Å². The quantitative estimate of drug-likeness (QED) is 0.770. The highest BCUT2D eigenvalue weighted by Gasteiger charge is 2.36. The van der Waals surface area contributed by atoms with E-state index in [0.29, 0.717) is 11.8 Å². The van der Waals surface area contributed by atoms with Crippen LogP contribution in [0.1, 0.15) is 52.9 Å². The van der Waals surface area contributed by atoms with E-state index < -0.39 is 0 Å². The van der Waals surface area contributed by atoms with Gasteiger partial charge in [0, 0.05) is 6.54 Å². The van der Waals surface area contributed by atoms with E-state index in [4.69, 9.17) is 0 Å². The fourth-order valence-corrected chi connectivity index (χ4v) is 2.72. The second-order valence-corrected chi connectivity index (χ2v) is 6.15.